The Bertz CT molecular complexity index is 552. The lowest BCUT2D eigenvalue weighted by Crippen LogP contribution is -2.19. The highest BCUT2D eigenvalue weighted by atomic mass is 31.2. The minimum absolute atomic E-state index is 0.278. The van der Waals surface area contributed by atoms with Crippen LogP contribution in [0.2, 0.25) is 0 Å². The molecule has 0 aliphatic heterocycles. The first-order chi connectivity index (χ1) is 11.6. The van der Waals surface area contributed by atoms with E-state index in [0.717, 1.165) is 38.5 Å². The van der Waals surface area contributed by atoms with Crippen molar-refractivity contribution in [2.45, 2.75) is 52.4 Å². The average Bonchev–Trinajstić information content (AvgIpc) is 2.62. The summed E-state index contributed by atoms with van der Waals surface area (Å²) in [6.45, 7) is 8.42. The number of hydrogen-bond donors (Lipinski definition) is 0. The Morgan fingerprint density at radius 3 is 2.08 bits per heavy atom. The zero-order valence-electron chi connectivity index (χ0n) is 14.8. The van der Waals surface area contributed by atoms with Crippen molar-refractivity contribution >= 4 is 18.7 Å². The summed E-state index contributed by atoms with van der Waals surface area (Å²) in [4.78, 5) is 12.1. The average molecular weight is 352 g/mol. The lowest BCUT2D eigenvalue weighted by atomic mass is 10.1. The second-order valence-electron chi connectivity index (χ2n) is 5.66. The third-order valence-corrected chi connectivity index (χ3v) is 5.69. The Kier molecular flexibility index (Phi) is 9.85. The quantitative estimate of drug-likeness (QED) is 0.210. The molecule has 0 aliphatic carbocycles. The summed E-state index contributed by atoms with van der Waals surface area (Å²) in [5.41, 5.74) is 0.335. The summed E-state index contributed by atoms with van der Waals surface area (Å²) in [6, 6.07) is 6.76. The SMILES string of the molecule is C=CC(=O)c1ccccc1P(=O)(OCCCCC)OCCCCC. The molecule has 0 unspecified atom stereocenters. The fourth-order valence-corrected chi connectivity index (χ4v) is 4.12. The first-order valence-electron chi connectivity index (χ1n) is 8.74. The molecule has 24 heavy (non-hydrogen) atoms. The van der Waals surface area contributed by atoms with Crippen LogP contribution >= 0.6 is 7.60 Å². The number of hydrogen-bond acceptors (Lipinski definition) is 4. The fourth-order valence-electron chi connectivity index (χ4n) is 2.28. The van der Waals surface area contributed by atoms with Crippen LogP contribution in [0, 0.1) is 0 Å². The molecule has 1 rings (SSSR count). The number of ketones is 1. The molecular formula is C19H29O4P. The van der Waals surface area contributed by atoms with Gasteiger partial charge in [0.15, 0.2) is 5.78 Å². The van der Waals surface area contributed by atoms with Gasteiger partial charge in [0.1, 0.15) is 0 Å². The molecule has 0 atom stereocenters. The maximum absolute atomic E-state index is 13.4. The largest absolute Gasteiger partial charge is 0.362 e. The van der Waals surface area contributed by atoms with Crippen molar-refractivity contribution in [3.05, 3.63) is 42.5 Å². The Balaban J connectivity index is 3.00. The number of carbonyl (C=O) groups is 1. The van der Waals surface area contributed by atoms with Crippen LogP contribution in [0.15, 0.2) is 36.9 Å². The summed E-state index contributed by atoms with van der Waals surface area (Å²) in [5.74, 6) is -0.278. The van der Waals surface area contributed by atoms with Crippen LogP contribution in [-0.4, -0.2) is 19.0 Å². The van der Waals surface area contributed by atoms with Crippen molar-refractivity contribution in [2.75, 3.05) is 13.2 Å². The molecule has 0 aromatic heterocycles. The molecule has 0 amide bonds. The number of unbranched alkanes of at least 4 members (excludes halogenated alkanes) is 4. The highest BCUT2D eigenvalue weighted by molar-refractivity contribution is 7.62. The van der Waals surface area contributed by atoms with E-state index in [4.69, 9.17) is 9.05 Å². The van der Waals surface area contributed by atoms with Gasteiger partial charge in [-0.1, -0.05) is 64.3 Å². The minimum atomic E-state index is -3.53. The van der Waals surface area contributed by atoms with E-state index >= 15 is 0 Å². The van der Waals surface area contributed by atoms with Crippen LogP contribution in [0.4, 0.5) is 0 Å². The van der Waals surface area contributed by atoms with E-state index in [1.54, 1.807) is 24.3 Å². The van der Waals surface area contributed by atoms with Crippen LogP contribution in [0.3, 0.4) is 0 Å². The Hall–Kier alpha value is -1.22. The van der Waals surface area contributed by atoms with Gasteiger partial charge in [0, 0.05) is 5.56 Å². The van der Waals surface area contributed by atoms with Crippen LogP contribution in [0.1, 0.15) is 62.7 Å². The Morgan fingerprint density at radius 1 is 1.04 bits per heavy atom. The van der Waals surface area contributed by atoms with Gasteiger partial charge in [-0.3, -0.25) is 9.36 Å². The minimum Gasteiger partial charge on any atom is -0.305 e. The van der Waals surface area contributed by atoms with Crippen LogP contribution in [0.25, 0.3) is 0 Å². The maximum Gasteiger partial charge on any atom is 0.362 e. The van der Waals surface area contributed by atoms with E-state index in [-0.39, 0.29) is 5.78 Å². The first-order valence-corrected chi connectivity index (χ1v) is 10.3. The summed E-state index contributed by atoms with van der Waals surface area (Å²) in [6.07, 6.45) is 6.96. The molecule has 0 saturated heterocycles. The second kappa shape index (κ2) is 11.4. The molecule has 0 saturated carbocycles. The van der Waals surface area contributed by atoms with E-state index in [9.17, 15) is 9.36 Å². The van der Waals surface area contributed by atoms with E-state index in [0.29, 0.717) is 24.1 Å². The zero-order chi connectivity index (χ0) is 17.8. The monoisotopic (exact) mass is 352 g/mol. The van der Waals surface area contributed by atoms with Gasteiger partial charge in [0.05, 0.1) is 18.5 Å². The van der Waals surface area contributed by atoms with Crippen molar-refractivity contribution in [1.82, 2.24) is 0 Å². The Morgan fingerprint density at radius 2 is 1.58 bits per heavy atom. The van der Waals surface area contributed by atoms with Gasteiger partial charge in [-0.15, -0.1) is 0 Å². The highest BCUT2D eigenvalue weighted by Crippen LogP contribution is 2.48. The van der Waals surface area contributed by atoms with Gasteiger partial charge in [0.2, 0.25) is 0 Å². The summed E-state index contributed by atoms with van der Waals surface area (Å²) in [5, 5.41) is 0.336. The van der Waals surface area contributed by atoms with Crippen LogP contribution in [-0.2, 0) is 13.6 Å². The van der Waals surface area contributed by atoms with Gasteiger partial charge < -0.3 is 9.05 Å². The predicted molar refractivity (Wildman–Crippen MR) is 99.2 cm³/mol. The smallest absolute Gasteiger partial charge is 0.305 e. The van der Waals surface area contributed by atoms with Gasteiger partial charge in [-0.2, -0.15) is 0 Å². The van der Waals surface area contributed by atoms with E-state index < -0.39 is 7.60 Å². The molecule has 0 radical (unpaired) electrons. The molecule has 1 aromatic carbocycles. The molecule has 4 nitrogen and oxygen atoms in total. The second-order valence-corrected chi connectivity index (χ2v) is 7.66. The molecule has 0 N–H and O–H groups in total. The van der Waals surface area contributed by atoms with Gasteiger partial charge in [0.25, 0.3) is 0 Å². The zero-order valence-corrected chi connectivity index (χ0v) is 15.7. The molecule has 5 heteroatoms. The number of benzene rings is 1. The van der Waals surface area contributed by atoms with Gasteiger partial charge in [-0.25, -0.2) is 0 Å². The van der Waals surface area contributed by atoms with Crippen molar-refractivity contribution < 1.29 is 18.4 Å². The number of rotatable bonds is 13. The number of carbonyl (C=O) groups excluding carboxylic acids is 1. The number of allylic oxidation sites excluding steroid dienone is 1. The molecule has 0 aliphatic rings. The van der Waals surface area contributed by atoms with E-state index in [1.165, 1.54) is 6.08 Å². The van der Waals surface area contributed by atoms with Crippen molar-refractivity contribution in [3.63, 3.8) is 0 Å². The van der Waals surface area contributed by atoms with Crippen molar-refractivity contribution in [3.8, 4) is 0 Å². The maximum atomic E-state index is 13.4. The summed E-state index contributed by atoms with van der Waals surface area (Å²) < 4.78 is 24.7. The van der Waals surface area contributed by atoms with Gasteiger partial charge >= 0.3 is 7.60 Å². The van der Waals surface area contributed by atoms with Gasteiger partial charge in [-0.05, 0) is 25.0 Å². The standard InChI is InChI=1S/C19H29O4P/c1-4-7-11-15-22-24(21,23-16-12-8-5-2)19-14-10-9-13-17(19)18(20)6-3/h6,9-10,13-14H,3-5,7-8,11-12,15-16H2,1-2H3. The highest BCUT2D eigenvalue weighted by Gasteiger charge is 2.31. The fraction of sp³-hybridized carbons (Fsp3) is 0.526. The lowest BCUT2D eigenvalue weighted by molar-refractivity contribution is 0.104. The first kappa shape index (κ1) is 20.8. The molecule has 1 aromatic rings. The van der Waals surface area contributed by atoms with Crippen molar-refractivity contribution in [1.29, 1.82) is 0 Å². The topological polar surface area (TPSA) is 52.6 Å². The van der Waals surface area contributed by atoms with Crippen LogP contribution in [0.5, 0.6) is 0 Å². The molecule has 0 fully saturated rings. The third kappa shape index (κ3) is 6.35. The summed E-state index contributed by atoms with van der Waals surface area (Å²) in [7, 11) is -3.53. The Labute approximate surface area is 145 Å². The molecule has 134 valence electrons. The summed E-state index contributed by atoms with van der Waals surface area (Å²) >= 11 is 0. The molecular weight excluding hydrogens is 323 g/mol. The van der Waals surface area contributed by atoms with E-state index in [1.807, 2.05) is 0 Å². The van der Waals surface area contributed by atoms with E-state index in [2.05, 4.69) is 20.4 Å². The normalized spacial score (nSPS) is 11.4. The molecule has 0 heterocycles. The lowest BCUT2D eigenvalue weighted by Gasteiger charge is -2.20. The van der Waals surface area contributed by atoms with Crippen LogP contribution < -0.4 is 5.30 Å². The third-order valence-electron chi connectivity index (χ3n) is 3.67. The van der Waals surface area contributed by atoms with Crippen molar-refractivity contribution in [2.24, 2.45) is 0 Å². The predicted octanol–water partition coefficient (Wildman–Crippen LogP) is 5.29. The molecule has 0 spiro atoms. The molecule has 0 bridgehead atoms.